The third-order valence-electron chi connectivity index (χ3n) is 3.70. The van der Waals surface area contributed by atoms with Crippen molar-refractivity contribution in [2.75, 3.05) is 31.5 Å². The lowest BCUT2D eigenvalue weighted by Crippen LogP contribution is -2.35. The summed E-state index contributed by atoms with van der Waals surface area (Å²) in [4.78, 5) is 14.1. The molecule has 1 aromatic rings. The number of amides is 1. The maximum absolute atomic E-state index is 12.0. The van der Waals surface area contributed by atoms with Crippen molar-refractivity contribution in [1.29, 1.82) is 0 Å². The topological polar surface area (TPSA) is 58.4 Å². The average Bonchev–Trinajstić information content (AvgIpc) is 2.75. The summed E-state index contributed by atoms with van der Waals surface area (Å²) < 4.78 is 0. The molecule has 1 unspecified atom stereocenters. The molecule has 1 atom stereocenters. The number of carbonyl (C=O) groups is 1. The van der Waals surface area contributed by atoms with Crippen molar-refractivity contribution in [2.45, 2.75) is 13.3 Å². The van der Waals surface area contributed by atoms with Crippen molar-refractivity contribution < 1.29 is 4.79 Å². The zero-order valence-corrected chi connectivity index (χ0v) is 14.2. The molecule has 3 N–H and O–H groups in total. The standard InChI is InChI=1S/C14H19Cl2N3O.ClH/c1-14(8-17)4-5-19(9-14)7-13(20)18-12-3-2-10(15)6-11(12)16;/h2-3,6H,4-5,7-9,17H2,1H3,(H,18,20);1H. The van der Waals surface area contributed by atoms with Crippen molar-refractivity contribution in [2.24, 2.45) is 11.1 Å². The first-order valence-electron chi connectivity index (χ1n) is 6.59. The molecule has 7 heteroatoms. The highest BCUT2D eigenvalue weighted by atomic mass is 35.5. The van der Waals surface area contributed by atoms with Gasteiger partial charge in [-0.2, -0.15) is 0 Å². The summed E-state index contributed by atoms with van der Waals surface area (Å²) in [5.74, 6) is -0.0736. The smallest absolute Gasteiger partial charge is 0.238 e. The minimum Gasteiger partial charge on any atom is -0.330 e. The van der Waals surface area contributed by atoms with Crippen LogP contribution in [0.25, 0.3) is 0 Å². The number of anilines is 1. The predicted molar refractivity (Wildman–Crippen MR) is 90.6 cm³/mol. The van der Waals surface area contributed by atoms with Crippen LogP contribution in [-0.4, -0.2) is 37.0 Å². The van der Waals surface area contributed by atoms with Crippen LogP contribution in [-0.2, 0) is 4.79 Å². The Morgan fingerprint density at radius 1 is 1.48 bits per heavy atom. The molecule has 0 spiro atoms. The van der Waals surface area contributed by atoms with E-state index in [0.717, 1.165) is 19.5 Å². The van der Waals surface area contributed by atoms with Crippen molar-refractivity contribution in [3.8, 4) is 0 Å². The van der Waals surface area contributed by atoms with E-state index in [2.05, 4.69) is 17.1 Å². The third-order valence-corrected chi connectivity index (χ3v) is 4.25. The van der Waals surface area contributed by atoms with Crippen LogP contribution in [0.2, 0.25) is 10.0 Å². The maximum atomic E-state index is 12.0. The number of hydrogen-bond donors (Lipinski definition) is 2. The molecule has 21 heavy (non-hydrogen) atoms. The monoisotopic (exact) mass is 351 g/mol. The van der Waals surface area contributed by atoms with E-state index in [1.54, 1.807) is 18.2 Å². The molecule has 1 amide bonds. The van der Waals surface area contributed by atoms with Gasteiger partial charge in [-0.1, -0.05) is 30.1 Å². The van der Waals surface area contributed by atoms with Crippen LogP contribution in [0.1, 0.15) is 13.3 Å². The van der Waals surface area contributed by atoms with Crippen LogP contribution in [0, 0.1) is 5.41 Å². The second kappa shape index (κ2) is 7.65. The summed E-state index contributed by atoms with van der Waals surface area (Å²) in [5.41, 5.74) is 6.47. The second-order valence-electron chi connectivity index (χ2n) is 5.65. The van der Waals surface area contributed by atoms with Gasteiger partial charge in [0.2, 0.25) is 5.91 Å². The van der Waals surface area contributed by atoms with Gasteiger partial charge in [-0.3, -0.25) is 9.69 Å². The van der Waals surface area contributed by atoms with E-state index in [0.29, 0.717) is 28.8 Å². The Morgan fingerprint density at radius 3 is 2.76 bits per heavy atom. The van der Waals surface area contributed by atoms with Gasteiger partial charge in [-0.25, -0.2) is 0 Å². The first kappa shape index (κ1) is 18.5. The number of nitrogens with zero attached hydrogens (tertiary/aromatic N) is 1. The average molecular weight is 353 g/mol. The predicted octanol–water partition coefficient (Wildman–Crippen LogP) is 3.02. The Morgan fingerprint density at radius 2 is 2.19 bits per heavy atom. The zero-order chi connectivity index (χ0) is 14.8. The molecular formula is C14H20Cl3N3O. The van der Waals surface area contributed by atoms with E-state index in [-0.39, 0.29) is 23.7 Å². The van der Waals surface area contributed by atoms with Crippen LogP contribution >= 0.6 is 35.6 Å². The van der Waals surface area contributed by atoms with Gasteiger partial charge in [-0.15, -0.1) is 12.4 Å². The molecular weight excluding hydrogens is 333 g/mol. The number of benzene rings is 1. The molecule has 1 fully saturated rings. The highest BCUT2D eigenvalue weighted by Crippen LogP contribution is 2.28. The molecule has 1 aromatic carbocycles. The summed E-state index contributed by atoms with van der Waals surface area (Å²) in [6.07, 6.45) is 1.03. The molecule has 4 nitrogen and oxygen atoms in total. The lowest BCUT2D eigenvalue weighted by atomic mass is 9.90. The zero-order valence-electron chi connectivity index (χ0n) is 11.9. The van der Waals surface area contributed by atoms with Crippen molar-refractivity contribution in [3.05, 3.63) is 28.2 Å². The summed E-state index contributed by atoms with van der Waals surface area (Å²) >= 11 is 11.8. The fourth-order valence-electron chi connectivity index (χ4n) is 2.41. The minimum absolute atomic E-state index is 0. The van der Waals surface area contributed by atoms with Crippen LogP contribution in [0.5, 0.6) is 0 Å². The number of likely N-dealkylation sites (tertiary alicyclic amines) is 1. The quantitative estimate of drug-likeness (QED) is 0.875. The van der Waals surface area contributed by atoms with Gasteiger partial charge in [0.25, 0.3) is 0 Å². The van der Waals surface area contributed by atoms with Gasteiger partial charge in [-0.05, 0) is 43.1 Å². The number of carbonyl (C=O) groups excluding carboxylic acids is 1. The number of nitrogens with one attached hydrogen (secondary N) is 1. The highest BCUT2D eigenvalue weighted by Gasteiger charge is 2.33. The molecule has 1 aliphatic rings. The Bertz CT molecular complexity index is 512. The molecule has 2 rings (SSSR count). The van der Waals surface area contributed by atoms with Crippen LogP contribution in [0.3, 0.4) is 0 Å². The Kier molecular flexibility index (Phi) is 6.75. The normalized spacial score (nSPS) is 21.9. The van der Waals surface area contributed by atoms with Crippen molar-refractivity contribution in [3.63, 3.8) is 0 Å². The minimum atomic E-state index is -0.0736. The molecule has 0 bridgehead atoms. The fourth-order valence-corrected chi connectivity index (χ4v) is 2.87. The van der Waals surface area contributed by atoms with Gasteiger partial charge in [0, 0.05) is 11.6 Å². The van der Waals surface area contributed by atoms with Crippen LogP contribution in [0.15, 0.2) is 18.2 Å². The lowest BCUT2D eigenvalue weighted by Gasteiger charge is -2.22. The number of rotatable bonds is 4. The third kappa shape index (κ3) is 5.01. The van der Waals surface area contributed by atoms with Crippen LogP contribution in [0.4, 0.5) is 5.69 Å². The van der Waals surface area contributed by atoms with Gasteiger partial charge in [0.1, 0.15) is 0 Å². The van der Waals surface area contributed by atoms with E-state index in [9.17, 15) is 4.79 Å². The summed E-state index contributed by atoms with van der Waals surface area (Å²) in [6, 6.07) is 5.01. The Hall–Kier alpha value is -0.520. The number of hydrogen-bond acceptors (Lipinski definition) is 3. The SMILES string of the molecule is CC1(CN)CCN(CC(=O)Nc2ccc(Cl)cc2Cl)C1.Cl. The first-order chi connectivity index (χ1) is 9.42. The molecule has 1 aliphatic heterocycles. The van der Waals surface area contributed by atoms with Gasteiger partial charge in [0.15, 0.2) is 0 Å². The maximum Gasteiger partial charge on any atom is 0.238 e. The van der Waals surface area contributed by atoms with Gasteiger partial charge >= 0.3 is 0 Å². The lowest BCUT2D eigenvalue weighted by molar-refractivity contribution is -0.117. The van der Waals surface area contributed by atoms with Gasteiger partial charge in [0.05, 0.1) is 17.3 Å². The molecule has 1 heterocycles. The molecule has 0 radical (unpaired) electrons. The van der Waals surface area contributed by atoms with E-state index in [4.69, 9.17) is 28.9 Å². The summed E-state index contributed by atoms with van der Waals surface area (Å²) in [7, 11) is 0. The Labute approximate surface area is 141 Å². The number of nitrogens with two attached hydrogens (primary N) is 1. The second-order valence-corrected chi connectivity index (χ2v) is 6.49. The molecule has 0 aromatic heterocycles. The van der Waals surface area contributed by atoms with Crippen molar-refractivity contribution in [1.82, 2.24) is 4.90 Å². The van der Waals surface area contributed by atoms with E-state index >= 15 is 0 Å². The van der Waals surface area contributed by atoms with E-state index in [1.165, 1.54) is 0 Å². The largest absolute Gasteiger partial charge is 0.330 e. The van der Waals surface area contributed by atoms with Crippen molar-refractivity contribution >= 4 is 47.2 Å². The van der Waals surface area contributed by atoms with Crippen LogP contribution < -0.4 is 11.1 Å². The number of halogens is 3. The van der Waals surface area contributed by atoms with E-state index < -0.39 is 0 Å². The first-order valence-corrected chi connectivity index (χ1v) is 7.35. The van der Waals surface area contributed by atoms with Gasteiger partial charge < -0.3 is 11.1 Å². The molecule has 118 valence electrons. The summed E-state index contributed by atoms with van der Waals surface area (Å²) in [6.45, 7) is 4.91. The fraction of sp³-hybridized carbons (Fsp3) is 0.500. The Balaban J connectivity index is 0.00000220. The molecule has 0 aliphatic carbocycles. The summed E-state index contributed by atoms with van der Waals surface area (Å²) in [5, 5.41) is 3.80. The van der Waals surface area contributed by atoms with E-state index in [1.807, 2.05) is 0 Å². The highest BCUT2D eigenvalue weighted by molar-refractivity contribution is 6.36. The molecule has 1 saturated heterocycles. The molecule has 0 saturated carbocycles.